The van der Waals surface area contributed by atoms with Crippen LogP contribution in [0, 0.1) is 0 Å². The summed E-state index contributed by atoms with van der Waals surface area (Å²) in [5.41, 5.74) is 1.72. The second-order valence-electron chi connectivity index (χ2n) is 6.20. The van der Waals surface area contributed by atoms with Gasteiger partial charge in [0.15, 0.2) is 0 Å². The molecule has 0 radical (unpaired) electrons. The maximum atomic E-state index is 5.62. The molecule has 1 aromatic rings. The maximum Gasteiger partial charge on any atom is 0.122 e. The lowest BCUT2D eigenvalue weighted by Crippen LogP contribution is -2.41. The highest BCUT2D eigenvalue weighted by Crippen LogP contribution is 2.43. The zero-order valence-electron chi connectivity index (χ0n) is 12.0. The summed E-state index contributed by atoms with van der Waals surface area (Å²) < 4.78 is 5.62. The van der Waals surface area contributed by atoms with Crippen LogP contribution < -0.4 is 10.1 Å². The molecule has 1 N–H and O–H groups in total. The van der Waals surface area contributed by atoms with Gasteiger partial charge in [0.25, 0.3) is 0 Å². The van der Waals surface area contributed by atoms with Crippen molar-refractivity contribution in [2.45, 2.75) is 56.4 Å². The number of rotatable bonds is 5. The number of methoxy groups -OCH3 is 1. The SMILES string of the molecule is COc1ccccc1C1(CNC2CC2)CCCCC1. The Kier molecular flexibility index (Phi) is 3.79. The molecule has 104 valence electrons. The summed E-state index contributed by atoms with van der Waals surface area (Å²) in [7, 11) is 1.80. The summed E-state index contributed by atoms with van der Waals surface area (Å²) in [6.45, 7) is 1.12. The van der Waals surface area contributed by atoms with E-state index in [2.05, 4.69) is 29.6 Å². The van der Waals surface area contributed by atoms with Crippen LogP contribution in [0.2, 0.25) is 0 Å². The van der Waals surface area contributed by atoms with E-state index in [0.717, 1.165) is 18.3 Å². The van der Waals surface area contributed by atoms with Gasteiger partial charge in [-0.1, -0.05) is 37.5 Å². The molecule has 0 bridgehead atoms. The van der Waals surface area contributed by atoms with Crippen molar-refractivity contribution in [2.24, 2.45) is 0 Å². The van der Waals surface area contributed by atoms with Crippen molar-refractivity contribution < 1.29 is 4.74 Å². The van der Waals surface area contributed by atoms with Gasteiger partial charge in [0, 0.05) is 23.6 Å². The second kappa shape index (κ2) is 5.54. The van der Waals surface area contributed by atoms with Crippen molar-refractivity contribution in [3.05, 3.63) is 29.8 Å². The molecule has 2 saturated carbocycles. The van der Waals surface area contributed by atoms with Crippen LogP contribution in [0.4, 0.5) is 0 Å². The smallest absolute Gasteiger partial charge is 0.122 e. The summed E-state index contributed by atoms with van der Waals surface area (Å²) in [6.07, 6.45) is 9.42. The van der Waals surface area contributed by atoms with E-state index in [1.807, 2.05) is 0 Å². The predicted molar refractivity (Wildman–Crippen MR) is 78.8 cm³/mol. The molecule has 1 aromatic carbocycles. The number of para-hydroxylation sites is 1. The normalized spacial score (nSPS) is 22.2. The molecule has 0 spiro atoms. The van der Waals surface area contributed by atoms with Crippen LogP contribution in [0.5, 0.6) is 5.75 Å². The molecule has 0 aromatic heterocycles. The van der Waals surface area contributed by atoms with E-state index in [9.17, 15) is 0 Å². The first-order valence-electron chi connectivity index (χ1n) is 7.71. The Bertz CT molecular complexity index is 419. The molecule has 2 aliphatic carbocycles. The topological polar surface area (TPSA) is 21.3 Å². The minimum absolute atomic E-state index is 0.299. The zero-order valence-corrected chi connectivity index (χ0v) is 12.0. The second-order valence-corrected chi connectivity index (χ2v) is 6.20. The van der Waals surface area contributed by atoms with Gasteiger partial charge in [0.1, 0.15) is 5.75 Å². The standard InChI is InChI=1S/C17H25NO/c1-19-16-8-4-3-7-15(16)17(11-5-2-6-12-17)13-18-14-9-10-14/h3-4,7-8,14,18H,2,5-6,9-13H2,1H3. The van der Waals surface area contributed by atoms with Crippen LogP contribution in [0.15, 0.2) is 24.3 Å². The first kappa shape index (κ1) is 13.0. The van der Waals surface area contributed by atoms with Gasteiger partial charge in [0.05, 0.1) is 7.11 Å². The highest BCUT2D eigenvalue weighted by Gasteiger charge is 2.37. The maximum absolute atomic E-state index is 5.62. The Morgan fingerprint density at radius 3 is 2.58 bits per heavy atom. The van der Waals surface area contributed by atoms with Crippen molar-refractivity contribution in [1.29, 1.82) is 0 Å². The summed E-state index contributed by atoms with van der Waals surface area (Å²) in [6, 6.07) is 9.41. The van der Waals surface area contributed by atoms with Crippen molar-refractivity contribution >= 4 is 0 Å². The number of nitrogens with one attached hydrogen (secondary N) is 1. The monoisotopic (exact) mass is 259 g/mol. The Hall–Kier alpha value is -1.02. The van der Waals surface area contributed by atoms with Crippen molar-refractivity contribution in [3.63, 3.8) is 0 Å². The third-order valence-electron chi connectivity index (χ3n) is 4.80. The molecule has 2 aliphatic rings. The first-order valence-corrected chi connectivity index (χ1v) is 7.71. The van der Waals surface area contributed by atoms with E-state index in [1.54, 1.807) is 7.11 Å². The Morgan fingerprint density at radius 1 is 1.16 bits per heavy atom. The minimum Gasteiger partial charge on any atom is -0.496 e. The largest absolute Gasteiger partial charge is 0.496 e. The molecule has 0 heterocycles. The summed E-state index contributed by atoms with van der Waals surface area (Å²) in [5, 5.41) is 3.76. The predicted octanol–water partition coefficient (Wildman–Crippen LogP) is 3.65. The van der Waals surface area contributed by atoms with Gasteiger partial charge in [-0.15, -0.1) is 0 Å². The molecule has 2 heteroatoms. The molecule has 2 fully saturated rings. The van der Waals surface area contributed by atoms with Gasteiger partial charge in [-0.3, -0.25) is 0 Å². The van der Waals surface area contributed by atoms with Gasteiger partial charge < -0.3 is 10.1 Å². The molecule has 2 nitrogen and oxygen atoms in total. The van der Waals surface area contributed by atoms with Crippen molar-refractivity contribution in [2.75, 3.05) is 13.7 Å². The van der Waals surface area contributed by atoms with Gasteiger partial charge in [-0.05, 0) is 31.7 Å². The van der Waals surface area contributed by atoms with Crippen LogP contribution in [0.1, 0.15) is 50.5 Å². The average Bonchev–Trinajstić information content (AvgIpc) is 3.30. The van der Waals surface area contributed by atoms with Crippen LogP contribution >= 0.6 is 0 Å². The molecule has 0 atom stereocenters. The first-order chi connectivity index (χ1) is 9.34. The molecular formula is C17H25NO. The van der Waals surface area contributed by atoms with Gasteiger partial charge in [0.2, 0.25) is 0 Å². The Balaban J connectivity index is 1.87. The molecule has 0 saturated heterocycles. The zero-order chi connectivity index (χ0) is 13.1. The lowest BCUT2D eigenvalue weighted by atomic mass is 9.69. The van der Waals surface area contributed by atoms with E-state index in [1.165, 1.54) is 50.5 Å². The molecule has 0 amide bonds. The number of benzene rings is 1. The average molecular weight is 259 g/mol. The highest BCUT2D eigenvalue weighted by molar-refractivity contribution is 5.40. The molecule has 3 rings (SSSR count). The van der Waals surface area contributed by atoms with Crippen LogP contribution in [0.25, 0.3) is 0 Å². The molecular weight excluding hydrogens is 234 g/mol. The molecule has 19 heavy (non-hydrogen) atoms. The lowest BCUT2D eigenvalue weighted by molar-refractivity contribution is 0.269. The number of hydrogen-bond donors (Lipinski definition) is 1. The van der Waals surface area contributed by atoms with Gasteiger partial charge in [-0.25, -0.2) is 0 Å². The third-order valence-corrected chi connectivity index (χ3v) is 4.80. The molecule has 0 aliphatic heterocycles. The summed E-state index contributed by atoms with van der Waals surface area (Å²) in [4.78, 5) is 0. The van der Waals surface area contributed by atoms with Crippen molar-refractivity contribution in [1.82, 2.24) is 5.32 Å². The van der Waals surface area contributed by atoms with Crippen LogP contribution in [-0.4, -0.2) is 19.7 Å². The van der Waals surface area contributed by atoms with Crippen molar-refractivity contribution in [3.8, 4) is 5.75 Å². The minimum atomic E-state index is 0.299. The van der Waals surface area contributed by atoms with Gasteiger partial charge in [-0.2, -0.15) is 0 Å². The van der Waals surface area contributed by atoms with E-state index >= 15 is 0 Å². The van der Waals surface area contributed by atoms with E-state index in [-0.39, 0.29) is 0 Å². The number of ether oxygens (including phenoxy) is 1. The van der Waals surface area contributed by atoms with Crippen LogP contribution in [0.3, 0.4) is 0 Å². The van der Waals surface area contributed by atoms with Gasteiger partial charge >= 0.3 is 0 Å². The third kappa shape index (κ3) is 2.79. The summed E-state index contributed by atoms with van der Waals surface area (Å²) in [5.74, 6) is 1.07. The Morgan fingerprint density at radius 2 is 1.89 bits per heavy atom. The van der Waals surface area contributed by atoms with E-state index < -0.39 is 0 Å². The van der Waals surface area contributed by atoms with Crippen LogP contribution in [-0.2, 0) is 5.41 Å². The fraction of sp³-hybridized carbons (Fsp3) is 0.647. The quantitative estimate of drug-likeness (QED) is 0.871. The fourth-order valence-corrected chi connectivity index (χ4v) is 3.48. The number of hydrogen-bond acceptors (Lipinski definition) is 2. The van der Waals surface area contributed by atoms with E-state index in [0.29, 0.717) is 5.41 Å². The molecule has 0 unspecified atom stereocenters. The van der Waals surface area contributed by atoms with E-state index in [4.69, 9.17) is 4.74 Å². The highest BCUT2D eigenvalue weighted by atomic mass is 16.5. The lowest BCUT2D eigenvalue weighted by Gasteiger charge is -2.39. The summed E-state index contributed by atoms with van der Waals surface area (Å²) >= 11 is 0. The Labute approximate surface area is 116 Å². The fourth-order valence-electron chi connectivity index (χ4n) is 3.48.